The lowest BCUT2D eigenvalue weighted by atomic mass is 10.0. The summed E-state index contributed by atoms with van der Waals surface area (Å²) in [5.74, 6) is 0.303. The second-order valence-corrected chi connectivity index (χ2v) is 10.8. The highest BCUT2D eigenvalue weighted by Crippen LogP contribution is 2.40. The van der Waals surface area contributed by atoms with Crippen LogP contribution in [-0.4, -0.2) is 39.5 Å². The number of esters is 1. The maximum atomic E-state index is 12.8. The Hall–Kier alpha value is -3.05. The molecule has 0 aliphatic carbocycles. The third kappa shape index (κ3) is 6.27. The second kappa shape index (κ2) is 12.0. The van der Waals surface area contributed by atoms with Crippen LogP contribution >= 0.6 is 46.3 Å². The fourth-order valence-electron chi connectivity index (χ4n) is 3.51. The highest BCUT2D eigenvalue weighted by molar-refractivity contribution is 7.99. The van der Waals surface area contributed by atoms with Gasteiger partial charge in [-0.3, -0.25) is 4.79 Å². The summed E-state index contributed by atoms with van der Waals surface area (Å²) in [6, 6.07) is 14.5. The number of ether oxygens (including phenoxy) is 2. The molecule has 4 rings (SSSR count). The highest BCUT2D eigenvalue weighted by Gasteiger charge is 2.25. The quantitative estimate of drug-likeness (QED) is 0.186. The minimum absolute atomic E-state index is 0.0636. The molecule has 2 aromatic carbocycles. The lowest BCUT2D eigenvalue weighted by Gasteiger charge is -2.09. The van der Waals surface area contributed by atoms with Gasteiger partial charge >= 0.3 is 5.97 Å². The van der Waals surface area contributed by atoms with Crippen molar-refractivity contribution in [2.75, 3.05) is 18.2 Å². The van der Waals surface area contributed by atoms with Crippen molar-refractivity contribution >= 4 is 63.2 Å². The maximum absolute atomic E-state index is 12.8. The number of aryl methyl sites for hydroxylation is 1. The van der Waals surface area contributed by atoms with E-state index in [0.717, 1.165) is 16.0 Å². The molecule has 4 aromatic rings. The number of methoxy groups -OCH3 is 1. The van der Waals surface area contributed by atoms with Gasteiger partial charge in [0, 0.05) is 22.5 Å². The summed E-state index contributed by atoms with van der Waals surface area (Å²) in [7, 11) is 3.11. The van der Waals surface area contributed by atoms with Crippen LogP contribution in [0.3, 0.4) is 0 Å². The van der Waals surface area contributed by atoms with Crippen molar-refractivity contribution in [1.82, 2.24) is 14.8 Å². The summed E-state index contributed by atoms with van der Waals surface area (Å²) in [6.07, 6.45) is 0. The van der Waals surface area contributed by atoms with Gasteiger partial charge in [-0.05, 0) is 30.7 Å². The lowest BCUT2D eigenvalue weighted by molar-refractivity contribution is -0.113. The predicted octanol–water partition coefficient (Wildman–Crippen LogP) is 6.26. The largest absolute Gasteiger partial charge is 0.484 e. The van der Waals surface area contributed by atoms with Crippen LogP contribution in [0, 0.1) is 6.92 Å². The number of carbonyl (C=O) groups is 2. The Bertz CT molecular complexity index is 1440. The van der Waals surface area contributed by atoms with Gasteiger partial charge in [-0.2, -0.15) is 0 Å². The standard InChI is InChI=1S/C25H22Cl2N4O4S2/c1-14-21(15-7-5-4-6-8-15)22(24(33)34-3)23(37-14)28-20(32)13-36-25-30-29-19(31(25)2)12-35-18-10-9-16(26)11-17(18)27/h4-11H,12-13H2,1-3H3,(H,28,32). The summed E-state index contributed by atoms with van der Waals surface area (Å²) in [4.78, 5) is 26.3. The number of anilines is 1. The molecule has 8 nitrogen and oxygen atoms in total. The first kappa shape index (κ1) is 27.0. The molecular formula is C25H22Cl2N4O4S2. The number of carbonyl (C=O) groups excluding carboxylic acids is 2. The van der Waals surface area contributed by atoms with Crippen LogP contribution < -0.4 is 10.1 Å². The summed E-state index contributed by atoms with van der Waals surface area (Å²) in [5.41, 5.74) is 1.97. The van der Waals surface area contributed by atoms with E-state index in [9.17, 15) is 9.59 Å². The van der Waals surface area contributed by atoms with Crippen LogP contribution in [-0.2, 0) is 23.2 Å². The fraction of sp³-hybridized carbons (Fsp3) is 0.200. The molecule has 0 aliphatic rings. The number of aromatic nitrogens is 3. The zero-order valence-corrected chi connectivity index (χ0v) is 23.2. The molecule has 0 saturated carbocycles. The Morgan fingerprint density at radius 2 is 1.89 bits per heavy atom. The molecule has 1 amide bonds. The van der Waals surface area contributed by atoms with Gasteiger partial charge in [0.1, 0.15) is 22.9 Å². The Labute approximate surface area is 231 Å². The van der Waals surface area contributed by atoms with E-state index in [-0.39, 0.29) is 18.3 Å². The molecule has 0 bridgehead atoms. The molecule has 0 spiro atoms. The number of thiophene rings is 1. The molecule has 2 heterocycles. The van der Waals surface area contributed by atoms with Crippen LogP contribution in [0.4, 0.5) is 5.00 Å². The van der Waals surface area contributed by atoms with Crippen LogP contribution in [0.2, 0.25) is 10.0 Å². The molecule has 0 fully saturated rings. The first-order valence-corrected chi connectivity index (χ1v) is 13.5. The van der Waals surface area contributed by atoms with E-state index in [4.69, 9.17) is 32.7 Å². The monoisotopic (exact) mass is 576 g/mol. The minimum atomic E-state index is -0.509. The molecule has 37 heavy (non-hydrogen) atoms. The van der Waals surface area contributed by atoms with E-state index >= 15 is 0 Å². The number of hydrogen-bond donors (Lipinski definition) is 1. The van der Waals surface area contributed by atoms with E-state index in [2.05, 4.69) is 15.5 Å². The molecular weight excluding hydrogens is 555 g/mol. The van der Waals surface area contributed by atoms with Crippen LogP contribution in [0.1, 0.15) is 21.1 Å². The van der Waals surface area contributed by atoms with Gasteiger partial charge < -0.3 is 19.4 Å². The normalized spacial score (nSPS) is 10.8. The maximum Gasteiger partial charge on any atom is 0.341 e. The van der Waals surface area contributed by atoms with E-state index in [1.165, 1.54) is 30.2 Å². The summed E-state index contributed by atoms with van der Waals surface area (Å²) in [5, 5.41) is 13.0. The molecule has 0 radical (unpaired) electrons. The number of benzene rings is 2. The smallest absolute Gasteiger partial charge is 0.341 e. The number of nitrogens with one attached hydrogen (secondary N) is 1. The number of thioether (sulfide) groups is 1. The van der Waals surface area contributed by atoms with E-state index in [1.807, 2.05) is 37.3 Å². The van der Waals surface area contributed by atoms with Gasteiger partial charge in [0.05, 0.1) is 17.9 Å². The third-order valence-electron chi connectivity index (χ3n) is 5.30. The van der Waals surface area contributed by atoms with Crippen molar-refractivity contribution in [2.45, 2.75) is 18.7 Å². The third-order valence-corrected chi connectivity index (χ3v) is 7.87. The zero-order valence-electron chi connectivity index (χ0n) is 20.1. The summed E-state index contributed by atoms with van der Waals surface area (Å²) < 4.78 is 12.5. The van der Waals surface area contributed by atoms with Crippen molar-refractivity contribution in [2.24, 2.45) is 7.05 Å². The average Bonchev–Trinajstić information content (AvgIpc) is 3.40. The fourth-order valence-corrected chi connectivity index (χ4v) is 5.78. The number of rotatable bonds is 9. The molecule has 0 atom stereocenters. The van der Waals surface area contributed by atoms with Crippen LogP contribution in [0.5, 0.6) is 5.75 Å². The highest BCUT2D eigenvalue weighted by atomic mass is 35.5. The Morgan fingerprint density at radius 3 is 2.59 bits per heavy atom. The first-order chi connectivity index (χ1) is 17.8. The predicted molar refractivity (Wildman–Crippen MR) is 147 cm³/mol. The van der Waals surface area contributed by atoms with Gasteiger partial charge in [-0.1, -0.05) is 65.3 Å². The average molecular weight is 578 g/mol. The summed E-state index contributed by atoms with van der Waals surface area (Å²) >= 11 is 14.6. The van der Waals surface area contributed by atoms with Crippen LogP contribution in [0.15, 0.2) is 53.7 Å². The Kier molecular flexibility index (Phi) is 8.75. The topological polar surface area (TPSA) is 95.3 Å². The van der Waals surface area contributed by atoms with Gasteiger partial charge in [-0.25, -0.2) is 4.79 Å². The van der Waals surface area contributed by atoms with Crippen molar-refractivity contribution in [1.29, 1.82) is 0 Å². The van der Waals surface area contributed by atoms with E-state index in [1.54, 1.807) is 29.8 Å². The van der Waals surface area contributed by atoms with Crippen molar-refractivity contribution in [3.8, 4) is 16.9 Å². The van der Waals surface area contributed by atoms with E-state index < -0.39 is 5.97 Å². The van der Waals surface area contributed by atoms with Gasteiger partial charge in [0.15, 0.2) is 11.0 Å². The van der Waals surface area contributed by atoms with Crippen molar-refractivity contribution < 1.29 is 19.1 Å². The number of halogens is 2. The zero-order chi connectivity index (χ0) is 26.5. The first-order valence-electron chi connectivity index (χ1n) is 10.9. The number of nitrogens with zero attached hydrogens (tertiary/aromatic N) is 3. The van der Waals surface area contributed by atoms with Crippen molar-refractivity contribution in [3.63, 3.8) is 0 Å². The van der Waals surface area contributed by atoms with Gasteiger partial charge in [0.25, 0.3) is 0 Å². The molecule has 192 valence electrons. The Morgan fingerprint density at radius 1 is 1.14 bits per heavy atom. The second-order valence-electron chi connectivity index (χ2n) is 7.75. The SMILES string of the molecule is COC(=O)c1c(NC(=O)CSc2nnc(COc3ccc(Cl)cc3Cl)n2C)sc(C)c1-c1ccccc1. The molecule has 0 aliphatic heterocycles. The van der Waals surface area contributed by atoms with Crippen molar-refractivity contribution in [3.05, 3.63) is 74.8 Å². The van der Waals surface area contributed by atoms with Gasteiger partial charge in [-0.15, -0.1) is 21.5 Å². The van der Waals surface area contributed by atoms with Gasteiger partial charge in [0.2, 0.25) is 5.91 Å². The molecule has 1 N–H and O–H groups in total. The molecule has 2 aromatic heterocycles. The molecule has 0 saturated heterocycles. The lowest BCUT2D eigenvalue weighted by Crippen LogP contribution is -2.16. The minimum Gasteiger partial charge on any atom is -0.484 e. The Balaban J connectivity index is 1.42. The summed E-state index contributed by atoms with van der Waals surface area (Å²) in [6.45, 7) is 2.04. The van der Waals surface area contributed by atoms with E-state index in [0.29, 0.717) is 37.3 Å². The molecule has 12 heteroatoms. The van der Waals surface area contributed by atoms with Crippen LogP contribution in [0.25, 0.3) is 11.1 Å². The number of hydrogen-bond acceptors (Lipinski definition) is 8. The molecule has 0 unspecified atom stereocenters. The number of amides is 1.